The van der Waals surface area contributed by atoms with Gasteiger partial charge in [0.1, 0.15) is 11.4 Å². The molecule has 16 heavy (non-hydrogen) atoms. The molecule has 1 N–H and O–H groups in total. The summed E-state index contributed by atoms with van der Waals surface area (Å²) in [5.41, 5.74) is 0.953. The van der Waals surface area contributed by atoms with Gasteiger partial charge >= 0.3 is 0 Å². The van der Waals surface area contributed by atoms with Gasteiger partial charge in [0.15, 0.2) is 0 Å². The van der Waals surface area contributed by atoms with Gasteiger partial charge in [-0.15, -0.1) is 11.8 Å². The molecule has 2 aliphatic rings. The van der Waals surface area contributed by atoms with Crippen molar-refractivity contribution in [2.75, 3.05) is 0 Å². The Balaban J connectivity index is 2.08. The summed E-state index contributed by atoms with van der Waals surface area (Å²) in [6.45, 7) is 12.5. The van der Waals surface area contributed by atoms with Gasteiger partial charge in [-0.05, 0) is 27.2 Å². The zero-order valence-electron chi connectivity index (χ0n) is 10.4. The molecular weight excluding hydrogens is 220 g/mol. The van der Waals surface area contributed by atoms with Gasteiger partial charge in [-0.2, -0.15) is 0 Å². The van der Waals surface area contributed by atoms with Crippen molar-refractivity contribution < 1.29 is 4.79 Å². The quantitative estimate of drug-likeness (QED) is 0.765. The molecular formula is C12H20N2OS. The molecule has 3 nitrogen and oxygen atoms in total. The molecule has 0 bridgehead atoms. The lowest BCUT2D eigenvalue weighted by Gasteiger charge is -2.43. The van der Waals surface area contributed by atoms with E-state index < -0.39 is 0 Å². The number of carbonyl (C=O) groups is 1. The summed E-state index contributed by atoms with van der Waals surface area (Å²) >= 11 is 1.83. The van der Waals surface area contributed by atoms with Crippen LogP contribution in [0.15, 0.2) is 12.3 Å². The van der Waals surface area contributed by atoms with E-state index in [4.69, 9.17) is 0 Å². The number of thioether (sulfide) groups is 1. The SMILES string of the molecule is C=C1N2C(=O)[C@@H](NC(C)CC)[C@H]2SC1(C)C. The molecule has 2 heterocycles. The molecule has 2 aliphatic heterocycles. The molecule has 0 saturated carbocycles. The maximum atomic E-state index is 12.0. The van der Waals surface area contributed by atoms with Gasteiger partial charge in [0, 0.05) is 11.7 Å². The first kappa shape index (κ1) is 12.0. The second kappa shape index (κ2) is 3.77. The van der Waals surface area contributed by atoms with Crippen molar-refractivity contribution in [3.8, 4) is 0 Å². The minimum atomic E-state index is -0.0153. The smallest absolute Gasteiger partial charge is 0.247 e. The predicted octanol–water partition coefficient (Wildman–Crippen LogP) is 1.95. The van der Waals surface area contributed by atoms with Crippen molar-refractivity contribution in [1.29, 1.82) is 0 Å². The van der Waals surface area contributed by atoms with Gasteiger partial charge in [0.05, 0.1) is 4.75 Å². The second-order valence-electron chi connectivity index (χ2n) is 5.13. The highest BCUT2D eigenvalue weighted by Gasteiger charge is 2.58. The van der Waals surface area contributed by atoms with Crippen LogP contribution in [0.4, 0.5) is 0 Å². The lowest BCUT2D eigenvalue weighted by molar-refractivity contribution is -0.142. The molecule has 4 heteroatoms. The summed E-state index contributed by atoms with van der Waals surface area (Å²) in [6, 6.07) is 0.382. The average molecular weight is 240 g/mol. The highest BCUT2D eigenvalue weighted by molar-refractivity contribution is 8.01. The molecule has 0 aliphatic carbocycles. The van der Waals surface area contributed by atoms with E-state index in [0.29, 0.717) is 6.04 Å². The maximum Gasteiger partial charge on any atom is 0.247 e. The number of carbonyl (C=O) groups excluding carboxylic acids is 1. The van der Waals surface area contributed by atoms with Gasteiger partial charge in [-0.3, -0.25) is 9.69 Å². The summed E-state index contributed by atoms with van der Waals surface area (Å²) in [4.78, 5) is 13.8. The third-order valence-corrected chi connectivity index (χ3v) is 5.07. The van der Waals surface area contributed by atoms with Crippen molar-refractivity contribution in [2.45, 2.75) is 56.3 Å². The van der Waals surface area contributed by atoms with Crippen LogP contribution in [0.5, 0.6) is 0 Å². The zero-order valence-corrected chi connectivity index (χ0v) is 11.2. The third kappa shape index (κ3) is 1.59. The fourth-order valence-electron chi connectivity index (χ4n) is 2.11. The topological polar surface area (TPSA) is 32.3 Å². The molecule has 2 rings (SSSR count). The molecule has 1 amide bonds. The minimum absolute atomic E-state index is 0.00773. The lowest BCUT2D eigenvalue weighted by atomic mass is 10.0. The molecule has 3 atom stereocenters. The first-order valence-corrected chi connectivity index (χ1v) is 6.72. The van der Waals surface area contributed by atoms with E-state index in [9.17, 15) is 4.79 Å². The Bertz CT molecular complexity index is 340. The number of hydrogen-bond acceptors (Lipinski definition) is 3. The lowest BCUT2D eigenvalue weighted by Crippen LogP contribution is -2.67. The Kier molecular flexibility index (Phi) is 2.83. The second-order valence-corrected chi connectivity index (χ2v) is 6.87. The van der Waals surface area contributed by atoms with Gasteiger partial charge in [0.2, 0.25) is 5.91 Å². The predicted molar refractivity (Wildman–Crippen MR) is 68.1 cm³/mol. The zero-order chi connectivity index (χ0) is 12.1. The summed E-state index contributed by atoms with van der Waals surface area (Å²) in [7, 11) is 0. The fourth-order valence-corrected chi connectivity index (χ4v) is 3.62. The molecule has 0 aromatic rings. The van der Waals surface area contributed by atoms with Gasteiger partial charge < -0.3 is 5.32 Å². The Morgan fingerprint density at radius 1 is 1.62 bits per heavy atom. The van der Waals surface area contributed by atoms with Crippen LogP contribution >= 0.6 is 11.8 Å². The van der Waals surface area contributed by atoms with Gasteiger partial charge in [0.25, 0.3) is 0 Å². The summed E-state index contributed by atoms with van der Waals surface area (Å²) < 4.78 is -0.00773. The normalized spacial score (nSPS) is 33.6. The average Bonchev–Trinajstić information content (AvgIpc) is 2.44. The Hall–Kier alpha value is -0.480. The number of rotatable bonds is 3. The minimum Gasteiger partial charge on any atom is -0.301 e. The van der Waals surface area contributed by atoms with Crippen molar-refractivity contribution >= 4 is 17.7 Å². The maximum absolute atomic E-state index is 12.0. The van der Waals surface area contributed by atoms with Crippen LogP contribution in [0, 0.1) is 0 Å². The van der Waals surface area contributed by atoms with E-state index >= 15 is 0 Å². The molecule has 1 unspecified atom stereocenters. The van der Waals surface area contributed by atoms with E-state index in [1.165, 1.54) is 0 Å². The van der Waals surface area contributed by atoms with Crippen LogP contribution in [-0.2, 0) is 4.79 Å². The van der Waals surface area contributed by atoms with Crippen molar-refractivity contribution in [3.05, 3.63) is 12.3 Å². The molecule has 0 radical (unpaired) electrons. The Morgan fingerprint density at radius 2 is 2.25 bits per heavy atom. The Labute approximate surface area is 102 Å². The van der Waals surface area contributed by atoms with Crippen LogP contribution in [0.3, 0.4) is 0 Å². The number of fused-ring (bicyclic) bond motifs is 1. The molecule has 2 saturated heterocycles. The third-order valence-electron chi connectivity index (χ3n) is 3.52. The van der Waals surface area contributed by atoms with Gasteiger partial charge in [-0.25, -0.2) is 0 Å². The standard InChI is InChI=1S/C12H20N2OS/c1-6-7(2)13-9-10(15)14-8(3)12(4,5)16-11(9)14/h7,9,11,13H,3,6H2,1-2,4-5H3/t7?,9-,11-/m1/s1. The largest absolute Gasteiger partial charge is 0.301 e. The van der Waals surface area contributed by atoms with Crippen LogP contribution in [-0.4, -0.2) is 33.0 Å². The van der Waals surface area contributed by atoms with Crippen LogP contribution in [0.2, 0.25) is 0 Å². The fraction of sp³-hybridized carbons (Fsp3) is 0.750. The van der Waals surface area contributed by atoms with Crippen molar-refractivity contribution in [1.82, 2.24) is 10.2 Å². The van der Waals surface area contributed by atoms with E-state index in [2.05, 4.69) is 39.6 Å². The molecule has 0 aromatic heterocycles. The number of hydrogen-bond donors (Lipinski definition) is 1. The monoisotopic (exact) mass is 240 g/mol. The van der Waals surface area contributed by atoms with E-state index in [0.717, 1.165) is 12.1 Å². The van der Waals surface area contributed by atoms with Crippen LogP contribution < -0.4 is 5.32 Å². The van der Waals surface area contributed by atoms with Crippen molar-refractivity contribution in [2.24, 2.45) is 0 Å². The van der Waals surface area contributed by atoms with Crippen LogP contribution in [0.25, 0.3) is 0 Å². The molecule has 90 valence electrons. The van der Waals surface area contributed by atoms with Crippen LogP contribution in [0.1, 0.15) is 34.1 Å². The number of nitrogens with one attached hydrogen (secondary N) is 1. The summed E-state index contributed by atoms with van der Waals surface area (Å²) in [5.74, 6) is 0.188. The first-order chi connectivity index (χ1) is 7.38. The summed E-state index contributed by atoms with van der Waals surface area (Å²) in [5, 5.41) is 3.65. The van der Waals surface area contributed by atoms with E-state index in [1.54, 1.807) is 0 Å². The summed E-state index contributed by atoms with van der Waals surface area (Å²) in [6.07, 6.45) is 1.05. The molecule has 0 aromatic carbocycles. The highest BCUT2D eigenvalue weighted by atomic mass is 32.2. The first-order valence-electron chi connectivity index (χ1n) is 5.84. The number of amides is 1. The van der Waals surface area contributed by atoms with E-state index in [-0.39, 0.29) is 22.1 Å². The van der Waals surface area contributed by atoms with Crippen molar-refractivity contribution in [3.63, 3.8) is 0 Å². The molecule has 2 fully saturated rings. The number of β-lactam (4-membered cyclic amide) rings is 1. The highest BCUT2D eigenvalue weighted by Crippen LogP contribution is 2.52. The number of nitrogens with zero attached hydrogens (tertiary/aromatic N) is 1. The van der Waals surface area contributed by atoms with Gasteiger partial charge in [-0.1, -0.05) is 13.5 Å². The molecule has 0 spiro atoms. The Morgan fingerprint density at radius 3 is 2.81 bits per heavy atom. The van der Waals surface area contributed by atoms with E-state index in [1.807, 2.05) is 16.7 Å².